The molecule has 0 amide bonds. The van der Waals surface area contributed by atoms with E-state index in [-0.39, 0.29) is 11.9 Å². The maximum atomic E-state index is 13.0. The van der Waals surface area contributed by atoms with Crippen molar-refractivity contribution in [2.75, 3.05) is 20.8 Å². The molecule has 1 aromatic rings. The Bertz CT molecular complexity index is 878. The van der Waals surface area contributed by atoms with Gasteiger partial charge in [-0.25, -0.2) is 0 Å². The Kier molecular flexibility index (Phi) is 8.09. The van der Waals surface area contributed by atoms with E-state index in [0.717, 1.165) is 36.0 Å². The Morgan fingerprint density at radius 3 is 2.42 bits per heavy atom. The molecule has 178 valence electrons. The quantitative estimate of drug-likeness (QED) is 0.376. The van der Waals surface area contributed by atoms with Crippen LogP contribution >= 0.6 is 0 Å². The number of hydrogen-bond acceptors (Lipinski definition) is 5. The van der Waals surface area contributed by atoms with Crippen molar-refractivity contribution in [3.8, 4) is 5.75 Å². The monoisotopic (exact) mass is 466 g/mol. The summed E-state index contributed by atoms with van der Waals surface area (Å²) >= 11 is 0. The van der Waals surface area contributed by atoms with Gasteiger partial charge in [-0.2, -0.15) is 21.6 Å². The van der Waals surface area contributed by atoms with Crippen molar-refractivity contribution in [2.24, 2.45) is 5.92 Å². The van der Waals surface area contributed by atoms with Gasteiger partial charge in [-0.05, 0) is 73.3 Å². The Morgan fingerprint density at radius 2 is 1.87 bits per heavy atom. The predicted molar refractivity (Wildman–Crippen MR) is 113 cm³/mol. The van der Waals surface area contributed by atoms with Crippen LogP contribution in [0.4, 0.5) is 13.2 Å². The zero-order valence-corrected chi connectivity index (χ0v) is 19.9. The van der Waals surface area contributed by atoms with Crippen LogP contribution in [0.1, 0.15) is 62.3 Å². The topological polar surface area (TPSA) is 61.8 Å². The zero-order chi connectivity index (χ0) is 23.6. The smallest absolute Gasteiger partial charge is 0.385 e. The van der Waals surface area contributed by atoms with Crippen LogP contribution in [0.5, 0.6) is 5.75 Å². The van der Waals surface area contributed by atoms with Gasteiger partial charge in [0.2, 0.25) is 0 Å². The number of halogens is 3. The molecule has 0 aromatic heterocycles. The number of alkyl halides is 3. The van der Waals surface area contributed by atoms with Gasteiger partial charge in [-0.1, -0.05) is 20.8 Å². The average molecular weight is 467 g/mol. The number of benzene rings is 1. The van der Waals surface area contributed by atoms with Crippen LogP contribution in [0, 0.1) is 12.8 Å². The van der Waals surface area contributed by atoms with Crippen LogP contribution in [0.2, 0.25) is 0 Å². The van der Waals surface area contributed by atoms with Crippen LogP contribution in [0.25, 0.3) is 0 Å². The highest BCUT2D eigenvalue weighted by molar-refractivity contribution is 7.88. The van der Waals surface area contributed by atoms with Crippen molar-refractivity contribution in [2.45, 2.75) is 76.8 Å². The standard InChI is InChI=1S/C22H33F3O5S/c1-14(11-12-28-5)7-8-16-15(2)19(30-31(26,27)22(23,24)25)13-18-17(16)9-10-20(29-6)21(18,3)4/h13-14,20H,7-12H2,1-6H3/t14-,20-/m0/s1. The fourth-order valence-electron chi connectivity index (χ4n) is 4.39. The number of hydrogen-bond donors (Lipinski definition) is 0. The fraction of sp³-hybridized carbons (Fsp3) is 0.727. The third kappa shape index (κ3) is 5.54. The SMILES string of the molecule is COCC[C@@H](C)CCc1c(C)c(OS(=O)(=O)C(F)(F)F)cc2c1CC[C@H](OC)C2(C)C. The normalized spacial score (nSPS) is 19.7. The minimum atomic E-state index is -5.76. The van der Waals surface area contributed by atoms with Crippen LogP contribution in [0.3, 0.4) is 0 Å². The Morgan fingerprint density at radius 1 is 1.23 bits per heavy atom. The highest BCUT2D eigenvalue weighted by Crippen LogP contribution is 2.44. The molecule has 31 heavy (non-hydrogen) atoms. The lowest BCUT2D eigenvalue weighted by molar-refractivity contribution is -0.0500. The lowest BCUT2D eigenvalue weighted by Crippen LogP contribution is -2.40. The Balaban J connectivity index is 2.55. The molecule has 9 heteroatoms. The molecule has 2 rings (SSSR count). The van der Waals surface area contributed by atoms with Gasteiger partial charge in [0.25, 0.3) is 0 Å². The summed E-state index contributed by atoms with van der Waals surface area (Å²) < 4.78 is 77.8. The van der Waals surface area contributed by atoms with Gasteiger partial charge in [0.15, 0.2) is 0 Å². The first kappa shape index (κ1) is 25.9. The third-order valence-electron chi connectivity index (χ3n) is 6.41. The van der Waals surface area contributed by atoms with E-state index in [1.807, 2.05) is 13.8 Å². The summed E-state index contributed by atoms with van der Waals surface area (Å²) in [5, 5.41) is 0. The first-order chi connectivity index (χ1) is 14.3. The summed E-state index contributed by atoms with van der Waals surface area (Å²) in [6, 6.07) is 1.46. The molecule has 0 N–H and O–H groups in total. The first-order valence-electron chi connectivity index (χ1n) is 10.4. The molecule has 0 saturated heterocycles. The van der Waals surface area contributed by atoms with Gasteiger partial charge in [0.05, 0.1) is 6.10 Å². The van der Waals surface area contributed by atoms with Gasteiger partial charge >= 0.3 is 15.6 Å². The lowest BCUT2D eigenvalue weighted by Gasteiger charge is -2.41. The molecule has 0 fully saturated rings. The van der Waals surface area contributed by atoms with Crippen LogP contribution < -0.4 is 4.18 Å². The molecular formula is C22H33F3O5S. The van der Waals surface area contributed by atoms with E-state index < -0.39 is 21.0 Å². The first-order valence-corrected chi connectivity index (χ1v) is 11.8. The van der Waals surface area contributed by atoms with Crippen molar-refractivity contribution in [1.82, 2.24) is 0 Å². The molecule has 0 spiro atoms. The summed E-state index contributed by atoms with van der Waals surface area (Å²) in [5.74, 6) is 0.0854. The van der Waals surface area contributed by atoms with Crippen LogP contribution in [0.15, 0.2) is 6.07 Å². The van der Waals surface area contributed by atoms with E-state index in [1.165, 1.54) is 6.07 Å². The molecule has 0 radical (unpaired) electrons. The molecule has 1 aromatic carbocycles. The summed E-state index contributed by atoms with van der Waals surface area (Å²) in [4.78, 5) is 0. The van der Waals surface area contributed by atoms with Crippen LogP contribution in [-0.4, -0.2) is 40.9 Å². The van der Waals surface area contributed by atoms with Gasteiger partial charge in [0.1, 0.15) is 5.75 Å². The maximum absolute atomic E-state index is 13.0. The summed E-state index contributed by atoms with van der Waals surface area (Å²) in [5.41, 5.74) is -2.84. The van der Waals surface area contributed by atoms with E-state index in [0.29, 0.717) is 30.9 Å². The number of methoxy groups -OCH3 is 2. The second kappa shape index (κ2) is 9.67. The molecule has 0 heterocycles. The molecule has 0 aliphatic heterocycles. The highest BCUT2D eigenvalue weighted by Gasteiger charge is 2.49. The number of fused-ring (bicyclic) bond motifs is 1. The molecule has 2 atom stereocenters. The van der Waals surface area contributed by atoms with E-state index in [1.54, 1.807) is 21.1 Å². The van der Waals surface area contributed by atoms with E-state index in [9.17, 15) is 21.6 Å². The zero-order valence-electron chi connectivity index (χ0n) is 19.1. The van der Waals surface area contributed by atoms with E-state index in [4.69, 9.17) is 9.47 Å². The summed E-state index contributed by atoms with van der Waals surface area (Å²) in [6.07, 6.45) is 3.66. The highest BCUT2D eigenvalue weighted by atomic mass is 32.2. The van der Waals surface area contributed by atoms with Gasteiger partial charge < -0.3 is 13.7 Å². The molecular weight excluding hydrogens is 433 g/mol. The van der Waals surface area contributed by atoms with Gasteiger partial charge in [-0.15, -0.1) is 0 Å². The molecule has 0 bridgehead atoms. The molecule has 1 aliphatic rings. The van der Waals surface area contributed by atoms with Gasteiger partial charge in [-0.3, -0.25) is 0 Å². The Hall–Kier alpha value is -1.32. The van der Waals surface area contributed by atoms with Crippen molar-refractivity contribution < 1.29 is 35.2 Å². The Labute approximate surface area is 183 Å². The minimum absolute atomic E-state index is 0.136. The van der Waals surface area contributed by atoms with Crippen LogP contribution in [-0.2, 0) is 37.8 Å². The van der Waals surface area contributed by atoms with Gasteiger partial charge in [0, 0.05) is 26.2 Å². The van der Waals surface area contributed by atoms with E-state index in [2.05, 4.69) is 11.1 Å². The van der Waals surface area contributed by atoms with E-state index >= 15 is 0 Å². The molecule has 1 aliphatic carbocycles. The maximum Gasteiger partial charge on any atom is 0.534 e. The predicted octanol–water partition coefficient (Wildman–Crippen LogP) is 5.07. The largest absolute Gasteiger partial charge is 0.534 e. The minimum Gasteiger partial charge on any atom is -0.385 e. The number of ether oxygens (including phenoxy) is 2. The van der Waals surface area contributed by atoms with Crippen molar-refractivity contribution in [3.63, 3.8) is 0 Å². The third-order valence-corrected chi connectivity index (χ3v) is 7.38. The fourth-order valence-corrected chi connectivity index (χ4v) is 4.90. The number of rotatable bonds is 9. The molecule has 0 unspecified atom stereocenters. The summed E-state index contributed by atoms with van der Waals surface area (Å²) in [6.45, 7) is 8.28. The molecule has 0 saturated carbocycles. The average Bonchev–Trinajstić information content (AvgIpc) is 2.65. The summed E-state index contributed by atoms with van der Waals surface area (Å²) in [7, 11) is -2.52. The second-order valence-corrected chi connectivity index (χ2v) is 10.4. The van der Waals surface area contributed by atoms with Crippen molar-refractivity contribution in [1.29, 1.82) is 0 Å². The lowest BCUT2D eigenvalue weighted by atomic mass is 9.68. The second-order valence-electron chi connectivity index (χ2n) is 8.90. The van der Waals surface area contributed by atoms with Crippen molar-refractivity contribution in [3.05, 3.63) is 28.3 Å². The van der Waals surface area contributed by atoms with Crippen molar-refractivity contribution >= 4 is 10.1 Å². The molecule has 5 nitrogen and oxygen atoms in total.